The second-order valence-electron chi connectivity index (χ2n) is 6.32. The third kappa shape index (κ3) is 2.95. The molecule has 1 N–H and O–H groups in total. The zero-order valence-corrected chi connectivity index (χ0v) is 11.4. The zero-order chi connectivity index (χ0) is 13.5. The predicted molar refractivity (Wildman–Crippen MR) is 63.8 cm³/mol. The molecule has 1 saturated carbocycles. The molecule has 1 atom stereocenters. The van der Waals surface area contributed by atoms with Crippen molar-refractivity contribution >= 4 is 0 Å². The second kappa shape index (κ2) is 4.45. The van der Waals surface area contributed by atoms with Crippen molar-refractivity contribution in [1.29, 1.82) is 0 Å². The highest BCUT2D eigenvalue weighted by atomic mass is 19.4. The van der Waals surface area contributed by atoms with Crippen molar-refractivity contribution in [3.63, 3.8) is 0 Å². The summed E-state index contributed by atoms with van der Waals surface area (Å²) in [5.41, 5.74) is 0.442. The van der Waals surface area contributed by atoms with Gasteiger partial charge < -0.3 is 5.32 Å². The molecule has 0 radical (unpaired) electrons. The van der Waals surface area contributed by atoms with E-state index in [1.807, 2.05) is 7.05 Å². The van der Waals surface area contributed by atoms with Gasteiger partial charge in [-0.05, 0) is 36.6 Å². The summed E-state index contributed by atoms with van der Waals surface area (Å²) in [7, 11) is 1.85. The van der Waals surface area contributed by atoms with Crippen LogP contribution in [0, 0.1) is 16.7 Å². The van der Waals surface area contributed by atoms with Gasteiger partial charge in [0, 0.05) is 12.5 Å². The number of alkyl halides is 3. The molecule has 1 nitrogen and oxygen atoms in total. The summed E-state index contributed by atoms with van der Waals surface area (Å²) in [5, 5.41) is 3.19. The molecule has 0 spiro atoms. The molecule has 0 saturated heterocycles. The second-order valence-corrected chi connectivity index (χ2v) is 6.32. The van der Waals surface area contributed by atoms with Crippen LogP contribution in [0.3, 0.4) is 0 Å². The Morgan fingerprint density at radius 3 is 1.88 bits per heavy atom. The van der Waals surface area contributed by atoms with E-state index in [-0.39, 0.29) is 23.3 Å². The molecular formula is C13H24F3N. The van der Waals surface area contributed by atoms with Crippen molar-refractivity contribution in [2.24, 2.45) is 16.7 Å². The van der Waals surface area contributed by atoms with Crippen LogP contribution < -0.4 is 5.32 Å². The fourth-order valence-electron chi connectivity index (χ4n) is 3.25. The highest BCUT2D eigenvalue weighted by Gasteiger charge is 2.66. The fourth-order valence-corrected chi connectivity index (χ4v) is 3.25. The monoisotopic (exact) mass is 251 g/mol. The van der Waals surface area contributed by atoms with Crippen LogP contribution >= 0.6 is 0 Å². The number of rotatable bonds is 5. The number of nitrogens with one attached hydrogen (secondary N) is 1. The molecule has 4 heteroatoms. The van der Waals surface area contributed by atoms with Crippen LogP contribution in [-0.4, -0.2) is 19.3 Å². The standard InChI is InChI=1S/C13H24F3N/c1-11(2)10(12(11,3)4)9(17-5)7-6-8-13(14,15)16/h9-10,17H,6-8H2,1-5H3. The van der Waals surface area contributed by atoms with Gasteiger partial charge in [-0.2, -0.15) is 13.2 Å². The zero-order valence-electron chi connectivity index (χ0n) is 11.4. The van der Waals surface area contributed by atoms with E-state index >= 15 is 0 Å². The van der Waals surface area contributed by atoms with E-state index in [2.05, 4.69) is 33.0 Å². The summed E-state index contributed by atoms with van der Waals surface area (Å²) in [4.78, 5) is 0. The average Bonchev–Trinajstić information content (AvgIpc) is 2.52. The molecule has 1 fully saturated rings. The van der Waals surface area contributed by atoms with Crippen LogP contribution in [0.4, 0.5) is 13.2 Å². The minimum Gasteiger partial charge on any atom is -0.317 e. The lowest BCUT2D eigenvalue weighted by Crippen LogP contribution is -2.30. The molecule has 1 unspecified atom stereocenters. The van der Waals surface area contributed by atoms with Gasteiger partial charge >= 0.3 is 6.18 Å². The summed E-state index contributed by atoms with van der Waals surface area (Å²) < 4.78 is 36.3. The normalized spacial score (nSPS) is 24.7. The molecular weight excluding hydrogens is 227 g/mol. The van der Waals surface area contributed by atoms with E-state index in [0.717, 1.165) is 0 Å². The van der Waals surface area contributed by atoms with E-state index < -0.39 is 12.6 Å². The van der Waals surface area contributed by atoms with Crippen molar-refractivity contribution in [2.45, 2.75) is 59.2 Å². The van der Waals surface area contributed by atoms with E-state index in [1.165, 1.54) is 0 Å². The summed E-state index contributed by atoms with van der Waals surface area (Å²) in [5.74, 6) is 0.466. The fraction of sp³-hybridized carbons (Fsp3) is 1.00. The van der Waals surface area contributed by atoms with Crippen LogP contribution in [0.15, 0.2) is 0 Å². The largest absolute Gasteiger partial charge is 0.389 e. The number of hydrogen-bond donors (Lipinski definition) is 1. The summed E-state index contributed by atoms with van der Waals surface area (Å²) in [6, 6.07) is 0.197. The Hall–Kier alpha value is -0.250. The minimum absolute atomic E-state index is 0.197. The number of halogens is 3. The maximum Gasteiger partial charge on any atom is 0.389 e. The van der Waals surface area contributed by atoms with Gasteiger partial charge in [0.15, 0.2) is 0 Å². The van der Waals surface area contributed by atoms with E-state index in [0.29, 0.717) is 12.3 Å². The lowest BCUT2D eigenvalue weighted by atomic mass is 9.99. The summed E-state index contributed by atoms with van der Waals surface area (Å²) in [6.07, 6.45) is -3.86. The molecule has 0 aromatic carbocycles. The van der Waals surface area contributed by atoms with Gasteiger partial charge in [-0.1, -0.05) is 27.7 Å². The lowest BCUT2D eigenvalue weighted by molar-refractivity contribution is -0.135. The van der Waals surface area contributed by atoms with E-state index in [4.69, 9.17) is 0 Å². The Morgan fingerprint density at radius 2 is 1.59 bits per heavy atom. The van der Waals surface area contributed by atoms with Gasteiger partial charge in [0.25, 0.3) is 0 Å². The molecule has 17 heavy (non-hydrogen) atoms. The van der Waals surface area contributed by atoms with Crippen molar-refractivity contribution in [2.75, 3.05) is 7.05 Å². The van der Waals surface area contributed by atoms with Crippen molar-refractivity contribution in [3.05, 3.63) is 0 Å². The maximum absolute atomic E-state index is 12.1. The molecule has 1 aliphatic carbocycles. The summed E-state index contributed by atoms with van der Waals surface area (Å²) >= 11 is 0. The Bertz CT molecular complexity index is 254. The molecule has 0 heterocycles. The maximum atomic E-state index is 12.1. The Balaban J connectivity index is 2.47. The molecule has 0 amide bonds. The van der Waals surface area contributed by atoms with Crippen molar-refractivity contribution < 1.29 is 13.2 Å². The first kappa shape index (κ1) is 14.8. The van der Waals surface area contributed by atoms with Crippen molar-refractivity contribution in [1.82, 2.24) is 5.32 Å². The third-order valence-electron chi connectivity index (χ3n) is 4.88. The van der Waals surface area contributed by atoms with Crippen molar-refractivity contribution in [3.8, 4) is 0 Å². The van der Waals surface area contributed by atoms with Gasteiger partial charge in [-0.15, -0.1) is 0 Å². The van der Waals surface area contributed by atoms with E-state index in [1.54, 1.807) is 0 Å². The van der Waals surface area contributed by atoms with Crippen LogP contribution in [0.2, 0.25) is 0 Å². The van der Waals surface area contributed by atoms with Gasteiger partial charge in [0.1, 0.15) is 0 Å². The Kier molecular flexibility index (Phi) is 3.88. The van der Waals surface area contributed by atoms with Gasteiger partial charge in [0.2, 0.25) is 0 Å². The smallest absolute Gasteiger partial charge is 0.317 e. The molecule has 0 aromatic rings. The first-order valence-corrected chi connectivity index (χ1v) is 6.28. The molecule has 1 aliphatic rings. The van der Waals surface area contributed by atoms with E-state index in [9.17, 15) is 13.2 Å². The van der Waals surface area contributed by atoms with Gasteiger partial charge in [-0.25, -0.2) is 0 Å². The predicted octanol–water partition coefficient (Wildman–Crippen LogP) is 3.99. The third-order valence-corrected chi connectivity index (χ3v) is 4.88. The van der Waals surface area contributed by atoms with Crippen LogP contribution in [-0.2, 0) is 0 Å². The van der Waals surface area contributed by atoms with Gasteiger partial charge in [0.05, 0.1) is 0 Å². The summed E-state index contributed by atoms with van der Waals surface area (Å²) in [6.45, 7) is 8.80. The Labute approximate surface area is 102 Å². The highest BCUT2D eigenvalue weighted by molar-refractivity contribution is 5.16. The van der Waals surface area contributed by atoms with Crippen LogP contribution in [0.5, 0.6) is 0 Å². The average molecular weight is 251 g/mol. The van der Waals surface area contributed by atoms with Crippen LogP contribution in [0.25, 0.3) is 0 Å². The minimum atomic E-state index is -4.02. The molecule has 0 bridgehead atoms. The van der Waals surface area contributed by atoms with Gasteiger partial charge in [-0.3, -0.25) is 0 Å². The topological polar surface area (TPSA) is 12.0 Å². The lowest BCUT2D eigenvalue weighted by Gasteiger charge is -2.19. The number of hydrogen-bond acceptors (Lipinski definition) is 1. The SMILES string of the molecule is CNC(CCCC(F)(F)F)C1C(C)(C)C1(C)C. The molecule has 0 aliphatic heterocycles. The first-order valence-electron chi connectivity index (χ1n) is 6.28. The molecule has 1 rings (SSSR count). The quantitative estimate of drug-likeness (QED) is 0.779. The first-order chi connectivity index (χ1) is 7.54. The van der Waals surface area contributed by atoms with Crippen LogP contribution in [0.1, 0.15) is 47.0 Å². The molecule has 0 aromatic heterocycles. The molecule has 102 valence electrons. The highest BCUT2D eigenvalue weighted by Crippen LogP contribution is 2.70. The Morgan fingerprint density at radius 1 is 1.12 bits per heavy atom.